The van der Waals surface area contributed by atoms with Gasteiger partial charge < -0.3 is 5.73 Å². The number of fused-ring (bicyclic) bond motifs is 1. The number of benzene rings is 2. The minimum absolute atomic E-state index is 0.682. The number of thiazole rings is 1. The first kappa shape index (κ1) is 11.4. The van der Waals surface area contributed by atoms with Crippen LogP contribution in [-0.2, 0) is 6.42 Å². The maximum atomic E-state index is 5.58. The average molecular weight is 254 g/mol. The number of nitrogens with zero attached hydrogens (tertiary/aromatic N) is 1. The Labute approximate surface area is 110 Å². The molecule has 18 heavy (non-hydrogen) atoms. The van der Waals surface area contributed by atoms with Crippen LogP contribution in [0, 0.1) is 0 Å². The lowest BCUT2D eigenvalue weighted by Crippen LogP contribution is -2.02. The summed E-state index contributed by atoms with van der Waals surface area (Å²) in [6.45, 7) is 0.682. The average Bonchev–Trinajstić information content (AvgIpc) is 2.83. The van der Waals surface area contributed by atoms with Crippen molar-refractivity contribution in [3.05, 3.63) is 54.1 Å². The first-order valence-corrected chi connectivity index (χ1v) is 6.83. The van der Waals surface area contributed by atoms with Gasteiger partial charge >= 0.3 is 0 Å². The zero-order valence-corrected chi connectivity index (χ0v) is 10.8. The largest absolute Gasteiger partial charge is 0.330 e. The zero-order valence-electron chi connectivity index (χ0n) is 9.97. The molecule has 0 unspecified atom stereocenters. The van der Waals surface area contributed by atoms with Crippen LogP contribution < -0.4 is 5.73 Å². The van der Waals surface area contributed by atoms with Crippen molar-refractivity contribution in [3.63, 3.8) is 0 Å². The van der Waals surface area contributed by atoms with Gasteiger partial charge in [-0.05, 0) is 30.7 Å². The maximum absolute atomic E-state index is 5.58. The zero-order chi connectivity index (χ0) is 12.4. The highest BCUT2D eigenvalue weighted by Gasteiger charge is 2.06. The number of hydrogen-bond acceptors (Lipinski definition) is 3. The van der Waals surface area contributed by atoms with E-state index in [1.807, 2.05) is 18.2 Å². The molecule has 2 nitrogen and oxygen atoms in total. The van der Waals surface area contributed by atoms with Crippen molar-refractivity contribution in [3.8, 4) is 10.6 Å². The first-order chi connectivity index (χ1) is 8.86. The summed E-state index contributed by atoms with van der Waals surface area (Å²) in [6, 6.07) is 16.7. The fraction of sp³-hybridized carbons (Fsp3) is 0.133. The Bertz CT molecular complexity index is 659. The highest BCUT2D eigenvalue weighted by molar-refractivity contribution is 7.21. The Balaban J connectivity index is 2.06. The van der Waals surface area contributed by atoms with Gasteiger partial charge in [0, 0.05) is 5.56 Å². The van der Waals surface area contributed by atoms with Gasteiger partial charge in [-0.1, -0.05) is 36.4 Å². The molecule has 0 fully saturated rings. The highest BCUT2D eigenvalue weighted by atomic mass is 32.1. The summed E-state index contributed by atoms with van der Waals surface area (Å²) in [4.78, 5) is 4.70. The summed E-state index contributed by atoms with van der Waals surface area (Å²) >= 11 is 1.73. The van der Waals surface area contributed by atoms with Gasteiger partial charge in [0.2, 0.25) is 0 Å². The fourth-order valence-corrected chi connectivity index (χ4v) is 2.95. The molecule has 0 atom stereocenters. The van der Waals surface area contributed by atoms with Crippen molar-refractivity contribution >= 4 is 21.6 Å². The fourth-order valence-electron chi connectivity index (χ4n) is 2.00. The number of rotatable bonds is 3. The molecule has 2 N–H and O–H groups in total. The van der Waals surface area contributed by atoms with E-state index in [1.165, 1.54) is 15.8 Å². The van der Waals surface area contributed by atoms with E-state index in [0.717, 1.165) is 16.9 Å². The molecule has 0 saturated carbocycles. The van der Waals surface area contributed by atoms with Gasteiger partial charge in [0.15, 0.2) is 0 Å². The van der Waals surface area contributed by atoms with E-state index in [0.29, 0.717) is 6.54 Å². The number of hydrogen-bond donors (Lipinski definition) is 1. The second-order valence-corrected chi connectivity index (χ2v) is 5.26. The van der Waals surface area contributed by atoms with Gasteiger partial charge in [-0.3, -0.25) is 0 Å². The van der Waals surface area contributed by atoms with Gasteiger partial charge in [-0.15, -0.1) is 11.3 Å². The van der Waals surface area contributed by atoms with E-state index < -0.39 is 0 Å². The van der Waals surface area contributed by atoms with E-state index in [1.54, 1.807) is 11.3 Å². The molecule has 0 aliphatic carbocycles. The van der Waals surface area contributed by atoms with Crippen molar-refractivity contribution in [1.29, 1.82) is 0 Å². The third-order valence-electron chi connectivity index (χ3n) is 2.91. The van der Waals surface area contributed by atoms with Crippen LogP contribution in [-0.4, -0.2) is 11.5 Å². The minimum atomic E-state index is 0.682. The van der Waals surface area contributed by atoms with Crippen LogP contribution in [0.2, 0.25) is 0 Å². The summed E-state index contributed by atoms with van der Waals surface area (Å²) in [6.07, 6.45) is 0.911. The molecule has 2 aromatic carbocycles. The van der Waals surface area contributed by atoms with Crippen LogP contribution in [0.3, 0.4) is 0 Å². The Kier molecular flexibility index (Phi) is 3.09. The lowest BCUT2D eigenvalue weighted by atomic mass is 10.1. The number of nitrogens with two attached hydrogens (primary N) is 1. The van der Waals surface area contributed by atoms with Crippen LogP contribution >= 0.6 is 11.3 Å². The first-order valence-electron chi connectivity index (χ1n) is 6.02. The second-order valence-electron chi connectivity index (χ2n) is 4.23. The Hall–Kier alpha value is -1.71. The Morgan fingerprint density at radius 1 is 1.06 bits per heavy atom. The monoisotopic (exact) mass is 254 g/mol. The van der Waals surface area contributed by atoms with Crippen molar-refractivity contribution < 1.29 is 0 Å². The predicted molar refractivity (Wildman–Crippen MR) is 77.8 cm³/mol. The SMILES string of the molecule is NCCc1ccc2sc(-c3ccccc3)nc2c1. The third kappa shape index (κ3) is 2.15. The topological polar surface area (TPSA) is 38.9 Å². The Morgan fingerprint density at radius 2 is 1.89 bits per heavy atom. The van der Waals surface area contributed by atoms with Crippen molar-refractivity contribution in [2.24, 2.45) is 5.73 Å². The van der Waals surface area contributed by atoms with Gasteiger partial charge in [-0.2, -0.15) is 0 Å². The summed E-state index contributed by atoms with van der Waals surface area (Å²) in [5, 5.41) is 1.08. The molecule has 3 rings (SSSR count). The molecule has 0 spiro atoms. The molecule has 0 aliphatic heterocycles. The quantitative estimate of drug-likeness (QED) is 0.777. The molecule has 3 aromatic rings. The molecule has 0 saturated heterocycles. The molecule has 0 radical (unpaired) electrons. The van der Waals surface area contributed by atoms with Crippen molar-refractivity contribution in [1.82, 2.24) is 4.98 Å². The maximum Gasteiger partial charge on any atom is 0.124 e. The van der Waals surface area contributed by atoms with Crippen molar-refractivity contribution in [2.45, 2.75) is 6.42 Å². The van der Waals surface area contributed by atoms with E-state index in [-0.39, 0.29) is 0 Å². The molecule has 90 valence electrons. The van der Waals surface area contributed by atoms with E-state index >= 15 is 0 Å². The van der Waals surface area contributed by atoms with Crippen LogP contribution in [0.1, 0.15) is 5.56 Å². The lowest BCUT2D eigenvalue weighted by molar-refractivity contribution is 0.970. The molecule has 0 aliphatic rings. The predicted octanol–water partition coefficient (Wildman–Crippen LogP) is 3.46. The summed E-state index contributed by atoms with van der Waals surface area (Å²) in [7, 11) is 0. The molecule has 0 amide bonds. The number of aromatic nitrogens is 1. The minimum Gasteiger partial charge on any atom is -0.330 e. The van der Waals surface area contributed by atoms with E-state index in [2.05, 4.69) is 30.3 Å². The molecule has 1 heterocycles. The lowest BCUT2D eigenvalue weighted by Gasteiger charge is -1.96. The van der Waals surface area contributed by atoms with E-state index in [4.69, 9.17) is 10.7 Å². The summed E-state index contributed by atoms with van der Waals surface area (Å²) in [5.41, 5.74) is 9.10. The molecular weight excluding hydrogens is 240 g/mol. The van der Waals surface area contributed by atoms with Crippen LogP contribution in [0.15, 0.2) is 48.5 Å². The van der Waals surface area contributed by atoms with Crippen LogP contribution in [0.25, 0.3) is 20.8 Å². The van der Waals surface area contributed by atoms with Gasteiger partial charge in [0.1, 0.15) is 5.01 Å². The van der Waals surface area contributed by atoms with Gasteiger partial charge in [-0.25, -0.2) is 4.98 Å². The molecule has 0 bridgehead atoms. The normalized spacial score (nSPS) is 10.9. The second kappa shape index (κ2) is 4.88. The van der Waals surface area contributed by atoms with Gasteiger partial charge in [0.05, 0.1) is 10.2 Å². The third-order valence-corrected chi connectivity index (χ3v) is 3.99. The molecule has 3 heteroatoms. The standard InChI is InChI=1S/C15H14N2S/c16-9-8-11-6-7-14-13(10-11)17-15(18-14)12-4-2-1-3-5-12/h1-7,10H,8-9,16H2. The highest BCUT2D eigenvalue weighted by Crippen LogP contribution is 2.30. The molecular formula is C15H14N2S. The summed E-state index contributed by atoms with van der Waals surface area (Å²) < 4.78 is 1.23. The Morgan fingerprint density at radius 3 is 2.67 bits per heavy atom. The van der Waals surface area contributed by atoms with Crippen LogP contribution in [0.5, 0.6) is 0 Å². The smallest absolute Gasteiger partial charge is 0.124 e. The summed E-state index contributed by atoms with van der Waals surface area (Å²) in [5.74, 6) is 0. The van der Waals surface area contributed by atoms with Gasteiger partial charge in [0.25, 0.3) is 0 Å². The van der Waals surface area contributed by atoms with E-state index in [9.17, 15) is 0 Å². The van der Waals surface area contributed by atoms with Crippen molar-refractivity contribution in [2.75, 3.05) is 6.54 Å². The molecule has 1 aromatic heterocycles. The van der Waals surface area contributed by atoms with Crippen LogP contribution in [0.4, 0.5) is 0 Å².